The van der Waals surface area contributed by atoms with Gasteiger partial charge in [-0.1, -0.05) is 40.0 Å². The molecule has 1 aliphatic carbocycles. The van der Waals surface area contributed by atoms with Crippen molar-refractivity contribution in [3.63, 3.8) is 0 Å². The molecule has 8 nitrogen and oxygen atoms in total. The van der Waals surface area contributed by atoms with Crippen molar-refractivity contribution >= 4 is 29.2 Å². The maximum atomic E-state index is 12.6. The van der Waals surface area contributed by atoms with Gasteiger partial charge in [0.05, 0.1) is 6.54 Å². The van der Waals surface area contributed by atoms with Crippen LogP contribution in [0.1, 0.15) is 65.7 Å². The van der Waals surface area contributed by atoms with E-state index in [1.54, 1.807) is 4.90 Å². The van der Waals surface area contributed by atoms with Crippen molar-refractivity contribution in [1.29, 1.82) is 0 Å². The molecule has 3 rings (SSSR count). The van der Waals surface area contributed by atoms with E-state index < -0.39 is 0 Å². The average Bonchev–Trinajstić information content (AvgIpc) is 2.84. The number of nitrogens with one attached hydrogen (secondary N) is 2. The Balaban J connectivity index is 1.45. The van der Waals surface area contributed by atoms with Crippen LogP contribution in [0.5, 0.6) is 0 Å². The van der Waals surface area contributed by atoms with E-state index in [2.05, 4.69) is 15.5 Å². The van der Waals surface area contributed by atoms with Crippen LogP contribution in [0, 0.1) is 5.92 Å². The number of carbonyl (C=O) groups excluding carboxylic acids is 3. The third kappa shape index (κ3) is 8.44. The van der Waals surface area contributed by atoms with Crippen molar-refractivity contribution in [3.05, 3.63) is 24.3 Å². The Morgan fingerprint density at radius 2 is 1.66 bits per heavy atom. The standard InChI is InChI=1S/C27H43N5O3/c1-4-14-32(26(34)19-21(2)3)20-25(33)28-23-10-12-24(13-11-23)30-15-17-31(18-16-30)27(35)29-22-8-6-5-7-9-22/h10-13,21-22H,4-9,14-20H2,1-3H3,(H,28,33)(H,29,35). The predicted molar refractivity (Wildman–Crippen MR) is 141 cm³/mol. The molecule has 8 heteroatoms. The van der Waals surface area contributed by atoms with Gasteiger partial charge in [0, 0.05) is 56.6 Å². The number of nitrogens with zero attached hydrogens (tertiary/aromatic N) is 3. The van der Waals surface area contributed by atoms with Crippen LogP contribution in [0.2, 0.25) is 0 Å². The van der Waals surface area contributed by atoms with E-state index >= 15 is 0 Å². The van der Waals surface area contributed by atoms with Crippen molar-refractivity contribution in [2.24, 2.45) is 5.92 Å². The van der Waals surface area contributed by atoms with Gasteiger partial charge in [-0.15, -0.1) is 0 Å². The fourth-order valence-corrected chi connectivity index (χ4v) is 4.85. The third-order valence-corrected chi connectivity index (χ3v) is 6.78. The van der Waals surface area contributed by atoms with Crippen molar-refractivity contribution in [2.75, 3.05) is 49.5 Å². The minimum absolute atomic E-state index is 0.0268. The summed E-state index contributed by atoms with van der Waals surface area (Å²) in [6.45, 7) is 9.67. The quantitative estimate of drug-likeness (QED) is 0.552. The SMILES string of the molecule is CCCN(CC(=O)Nc1ccc(N2CCN(C(=O)NC3CCCCC3)CC2)cc1)C(=O)CC(C)C. The number of anilines is 2. The van der Waals surface area contributed by atoms with E-state index in [0.29, 0.717) is 32.1 Å². The van der Waals surface area contributed by atoms with E-state index in [1.807, 2.05) is 49.9 Å². The van der Waals surface area contributed by atoms with Crippen LogP contribution < -0.4 is 15.5 Å². The van der Waals surface area contributed by atoms with Crippen LogP contribution >= 0.6 is 0 Å². The molecule has 1 saturated carbocycles. The van der Waals surface area contributed by atoms with Crippen LogP contribution in [0.3, 0.4) is 0 Å². The van der Waals surface area contributed by atoms with Crippen molar-refractivity contribution in [3.8, 4) is 0 Å². The van der Waals surface area contributed by atoms with Gasteiger partial charge in [0.2, 0.25) is 11.8 Å². The summed E-state index contributed by atoms with van der Waals surface area (Å²) in [4.78, 5) is 43.4. The van der Waals surface area contributed by atoms with Crippen molar-refractivity contribution in [2.45, 2.75) is 71.8 Å². The Hall–Kier alpha value is -2.77. The van der Waals surface area contributed by atoms with E-state index in [-0.39, 0.29) is 30.3 Å². The smallest absolute Gasteiger partial charge is 0.317 e. The summed E-state index contributed by atoms with van der Waals surface area (Å²) in [6, 6.07) is 8.20. The lowest BCUT2D eigenvalue weighted by Gasteiger charge is -2.37. The number of carbonyl (C=O) groups is 3. The molecule has 2 N–H and O–H groups in total. The molecule has 0 radical (unpaired) electrons. The zero-order chi connectivity index (χ0) is 25.2. The van der Waals surface area contributed by atoms with Crippen LogP contribution in [-0.4, -0.2) is 73.0 Å². The number of hydrogen-bond donors (Lipinski definition) is 2. The zero-order valence-electron chi connectivity index (χ0n) is 21.7. The third-order valence-electron chi connectivity index (χ3n) is 6.78. The molecule has 35 heavy (non-hydrogen) atoms. The van der Waals surface area contributed by atoms with E-state index in [9.17, 15) is 14.4 Å². The zero-order valence-corrected chi connectivity index (χ0v) is 21.7. The lowest BCUT2D eigenvalue weighted by atomic mass is 9.96. The summed E-state index contributed by atoms with van der Waals surface area (Å²) >= 11 is 0. The molecule has 0 spiro atoms. The first kappa shape index (κ1) is 26.8. The van der Waals surface area contributed by atoms with Crippen LogP contribution in [-0.2, 0) is 9.59 Å². The summed E-state index contributed by atoms with van der Waals surface area (Å²) in [5.74, 6) is 0.116. The topological polar surface area (TPSA) is 85.0 Å². The molecule has 1 aromatic rings. The van der Waals surface area contributed by atoms with Gasteiger partial charge in [0.15, 0.2) is 0 Å². The number of piperazine rings is 1. The van der Waals surface area contributed by atoms with E-state index in [4.69, 9.17) is 0 Å². The van der Waals surface area contributed by atoms with Gasteiger partial charge in [0.25, 0.3) is 0 Å². The Morgan fingerprint density at radius 1 is 1.00 bits per heavy atom. The summed E-state index contributed by atoms with van der Waals surface area (Å²) in [6.07, 6.45) is 7.17. The minimum atomic E-state index is -0.180. The second kappa shape index (κ2) is 13.4. The molecule has 1 aromatic carbocycles. The highest BCUT2D eigenvalue weighted by atomic mass is 16.2. The Kier molecular flexibility index (Phi) is 10.2. The van der Waals surface area contributed by atoms with Crippen LogP contribution in [0.25, 0.3) is 0 Å². The highest BCUT2D eigenvalue weighted by molar-refractivity contribution is 5.94. The fraction of sp³-hybridized carbons (Fsp3) is 0.667. The monoisotopic (exact) mass is 485 g/mol. The highest BCUT2D eigenvalue weighted by Crippen LogP contribution is 2.21. The molecule has 0 aromatic heterocycles. The molecule has 1 aliphatic heterocycles. The largest absolute Gasteiger partial charge is 0.368 e. The van der Waals surface area contributed by atoms with Gasteiger partial charge in [-0.25, -0.2) is 4.79 Å². The molecular weight excluding hydrogens is 442 g/mol. The van der Waals surface area contributed by atoms with Crippen molar-refractivity contribution < 1.29 is 14.4 Å². The highest BCUT2D eigenvalue weighted by Gasteiger charge is 2.24. The Labute approximate surface area is 210 Å². The molecule has 194 valence electrons. The lowest BCUT2D eigenvalue weighted by Crippen LogP contribution is -2.53. The summed E-state index contributed by atoms with van der Waals surface area (Å²) in [7, 11) is 0. The number of benzene rings is 1. The molecule has 2 aliphatic rings. The average molecular weight is 486 g/mol. The number of hydrogen-bond acceptors (Lipinski definition) is 4. The molecule has 0 atom stereocenters. The van der Waals surface area contributed by atoms with Gasteiger partial charge in [-0.05, 0) is 49.4 Å². The molecule has 1 saturated heterocycles. The van der Waals surface area contributed by atoms with Crippen molar-refractivity contribution in [1.82, 2.24) is 15.1 Å². The molecule has 0 bridgehead atoms. The van der Waals surface area contributed by atoms with Gasteiger partial charge < -0.3 is 25.3 Å². The predicted octanol–water partition coefficient (Wildman–Crippen LogP) is 4.07. The van der Waals surface area contributed by atoms with Crippen LogP contribution in [0.4, 0.5) is 16.2 Å². The van der Waals surface area contributed by atoms with Gasteiger partial charge in [0.1, 0.15) is 0 Å². The molecular formula is C27H43N5O3. The lowest BCUT2D eigenvalue weighted by molar-refractivity contribution is -0.135. The Bertz CT molecular complexity index is 828. The van der Waals surface area contributed by atoms with E-state index in [1.165, 1.54) is 19.3 Å². The molecule has 2 fully saturated rings. The first-order chi connectivity index (χ1) is 16.9. The fourth-order valence-electron chi connectivity index (χ4n) is 4.85. The number of amides is 4. The first-order valence-corrected chi connectivity index (χ1v) is 13.3. The van der Waals surface area contributed by atoms with Gasteiger partial charge in [-0.2, -0.15) is 0 Å². The maximum absolute atomic E-state index is 12.6. The van der Waals surface area contributed by atoms with E-state index in [0.717, 1.165) is 43.7 Å². The summed E-state index contributed by atoms with van der Waals surface area (Å²) < 4.78 is 0. The molecule has 0 unspecified atom stereocenters. The maximum Gasteiger partial charge on any atom is 0.317 e. The summed E-state index contributed by atoms with van der Waals surface area (Å²) in [5, 5.41) is 6.13. The van der Waals surface area contributed by atoms with Gasteiger partial charge in [-0.3, -0.25) is 9.59 Å². The minimum Gasteiger partial charge on any atom is -0.368 e. The van der Waals surface area contributed by atoms with Gasteiger partial charge >= 0.3 is 6.03 Å². The summed E-state index contributed by atoms with van der Waals surface area (Å²) in [5.41, 5.74) is 1.80. The van der Waals surface area contributed by atoms with Crippen LogP contribution in [0.15, 0.2) is 24.3 Å². The number of urea groups is 1. The first-order valence-electron chi connectivity index (χ1n) is 13.3. The normalized spacial score (nSPS) is 16.8. The molecule has 4 amide bonds. The molecule has 1 heterocycles. The second-order valence-electron chi connectivity index (χ2n) is 10.3. The Morgan fingerprint density at radius 3 is 2.26 bits per heavy atom. The second-order valence-corrected chi connectivity index (χ2v) is 10.3. The number of rotatable bonds is 9.